The number of rotatable bonds is 5. The first-order valence-corrected chi connectivity index (χ1v) is 7.00. The first-order chi connectivity index (χ1) is 8.70. The second kappa shape index (κ2) is 6.07. The van der Waals surface area contributed by atoms with E-state index in [4.69, 9.17) is 0 Å². The summed E-state index contributed by atoms with van der Waals surface area (Å²) in [5.74, 6) is 0. The summed E-state index contributed by atoms with van der Waals surface area (Å²) in [5, 5.41) is 3.47. The summed E-state index contributed by atoms with van der Waals surface area (Å²) in [4.78, 5) is 0. The van der Waals surface area contributed by atoms with E-state index in [0.717, 1.165) is 18.7 Å². The fourth-order valence-electron chi connectivity index (χ4n) is 2.02. The van der Waals surface area contributed by atoms with Crippen molar-refractivity contribution in [2.75, 3.05) is 6.54 Å². The summed E-state index contributed by atoms with van der Waals surface area (Å²) in [6, 6.07) is 6.91. The molecule has 96 valence electrons. The van der Waals surface area contributed by atoms with E-state index in [1.54, 1.807) is 0 Å². The molecule has 0 aliphatic carbocycles. The molecule has 0 amide bonds. The molecule has 4 heteroatoms. The van der Waals surface area contributed by atoms with Crippen LogP contribution in [0.5, 0.6) is 0 Å². The highest BCUT2D eigenvalue weighted by Gasteiger charge is 2.14. The summed E-state index contributed by atoms with van der Waals surface area (Å²) in [7, 11) is 0. The van der Waals surface area contributed by atoms with Gasteiger partial charge in [-0.2, -0.15) is 8.75 Å². The highest BCUT2D eigenvalue weighted by molar-refractivity contribution is 6.99. The lowest BCUT2D eigenvalue weighted by atomic mass is 9.99. The van der Waals surface area contributed by atoms with Crippen LogP contribution in [0.25, 0.3) is 0 Å². The van der Waals surface area contributed by atoms with Crippen LogP contribution in [0.15, 0.2) is 24.4 Å². The molecule has 2 aromatic rings. The molecule has 0 spiro atoms. The lowest BCUT2D eigenvalue weighted by molar-refractivity contribution is 0.540. The number of hydrogen-bond donors (Lipinski definition) is 1. The Balaban J connectivity index is 2.16. The number of aryl methyl sites for hydroxylation is 2. The van der Waals surface area contributed by atoms with Crippen molar-refractivity contribution >= 4 is 11.7 Å². The van der Waals surface area contributed by atoms with Crippen LogP contribution in [0.1, 0.15) is 35.3 Å². The van der Waals surface area contributed by atoms with E-state index in [1.165, 1.54) is 28.4 Å². The van der Waals surface area contributed by atoms with Crippen LogP contribution in [0.2, 0.25) is 0 Å². The molecular weight excluding hydrogens is 242 g/mol. The van der Waals surface area contributed by atoms with Gasteiger partial charge in [-0.25, -0.2) is 0 Å². The van der Waals surface area contributed by atoms with Gasteiger partial charge in [0.25, 0.3) is 0 Å². The molecule has 1 aromatic heterocycles. The largest absolute Gasteiger partial charge is 0.309 e. The van der Waals surface area contributed by atoms with Crippen molar-refractivity contribution in [1.29, 1.82) is 0 Å². The minimum atomic E-state index is 0.260. The summed E-state index contributed by atoms with van der Waals surface area (Å²) >= 11 is 1.27. The first-order valence-electron chi connectivity index (χ1n) is 6.27. The number of benzene rings is 1. The van der Waals surface area contributed by atoms with Crippen LogP contribution in [0, 0.1) is 13.8 Å². The molecule has 1 heterocycles. The summed E-state index contributed by atoms with van der Waals surface area (Å²) in [5.41, 5.74) is 5.07. The van der Waals surface area contributed by atoms with Gasteiger partial charge in [-0.15, -0.1) is 0 Å². The van der Waals surface area contributed by atoms with E-state index in [1.807, 2.05) is 6.20 Å². The fraction of sp³-hybridized carbons (Fsp3) is 0.429. The van der Waals surface area contributed by atoms with Gasteiger partial charge < -0.3 is 5.32 Å². The first kappa shape index (κ1) is 13.2. The maximum absolute atomic E-state index is 4.34. The zero-order valence-electron chi connectivity index (χ0n) is 11.1. The number of aromatic nitrogens is 2. The molecule has 0 saturated carbocycles. The van der Waals surface area contributed by atoms with E-state index in [-0.39, 0.29) is 6.04 Å². The van der Waals surface area contributed by atoms with Gasteiger partial charge in [-0.1, -0.05) is 25.1 Å². The van der Waals surface area contributed by atoms with Gasteiger partial charge in [-0.05, 0) is 43.5 Å². The van der Waals surface area contributed by atoms with Gasteiger partial charge in [0, 0.05) is 0 Å². The molecule has 1 N–H and O–H groups in total. The van der Waals surface area contributed by atoms with E-state index >= 15 is 0 Å². The number of nitrogens with one attached hydrogen (secondary N) is 1. The van der Waals surface area contributed by atoms with E-state index < -0.39 is 0 Å². The molecular formula is C14H19N3S. The average Bonchev–Trinajstić information content (AvgIpc) is 2.87. The minimum absolute atomic E-state index is 0.260. The van der Waals surface area contributed by atoms with Crippen LogP contribution in [-0.4, -0.2) is 15.3 Å². The molecule has 1 atom stereocenters. The predicted molar refractivity (Wildman–Crippen MR) is 75.9 cm³/mol. The molecule has 0 fully saturated rings. The van der Waals surface area contributed by atoms with Crippen molar-refractivity contribution in [3.63, 3.8) is 0 Å². The maximum Gasteiger partial charge on any atom is 0.0915 e. The second-order valence-corrected chi connectivity index (χ2v) is 5.12. The Morgan fingerprint density at radius 2 is 2.11 bits per heavy atom. The van der Waals surface area contributed by atoms with Crippen molar-refractivity contribution in [3.8, 4) is 0 Å². The third-order valence-corrected chi connectivity index (χ3v) is 3.69. The standard InChI is InChI=1S/C14H19N3S/c1-4-15-13(14-9-16-18-17-14)8-12-6-5-10(2)11(3)7-12/h5-7,9,13,15H,4,8H2,1-3H3. The van der Waals surface area contributed by atoms with Crippen LogP contribution < -0.4 is 5.32 Å². The lowest BCUT2D eigenvalue weighted by Gasteiger charge is -2.16. The average molecular weight is 261 g/mol. The Morgan fingerprint density at radius 3 is 2.72 bits per heavy atom. The van der Waals surface area contributed by atoms with Gasteiger partial charge in [0.1, 0.15) is 0 Å². The topological polar surface area (TPSA) is 37.8 Å². The third kappa shape index (κ3) is 3.15. The van der Waals surface area contributed by atoms with Crippen LogP contribution in [0.4, 0.5) is 0 Å². The molecule has 1 unspecified atom stereocenters. The van der Waals surface area contributed by atoms with Crippen LogP contribution >= 0.6 is 11.7 Å². The molecule has 0 bridgehead atoms. The third-order valence-electron chi connectivity index (χ3n) is 3.20. The summed E-state index contributed by atoms with van der Waals surface area (Å²) in [6.07, 6.45) is 2.82. The van der Waals surface area contributed by atoms with Crippen molar-refractivity contribution in [2.45, 2.75) is 33.2 Å². The second-order valence-electron chi connectivity index (χ2n) is 4.57. The zero-order chi connectivity index (χ0) is 13.0. The van der Waals surface area contributed by atoms with Gasteiger partial charge in [-0.3, -0.25) is 0 Å². The number of hydrogen-bond acceptors (Lipinski definition) is 4. The number of nitrogens with zero attached hydrogens (tertiary/aromatic N) is 2. The van der Waals surface area contributed by atoms with Crippen molar-refractivity contribution in [1.82, 2.24) is 14.1 Å². The van der Waals surface area contributed by atoms with Crippen LogP contribution in [-0.2, 0) is 6.42 Å². The minimum Gasteiger partial charge on any atom is -0.309 e. The Morgan fingerprint density at radius 1 is 1.28 bits per heavy atom. The van der Waals surface area contributed by atoms with E-state index in [2.05, 4.69) is 53.0 Å². The Hall–Kier alpha value is -1.26. The van der Waals surface area contributed by atoms with Crippen molar-refractivity contribution < 1.29 is 0 Å². The van der Waals surface area contributed by atoms with Crippen molar-refractivity contribution in [3.05, 3.63) is 46.8 Å². The smallest absolute Gasteiger partial charge is 0.0915 e. The SMILES string of the molecule is CCNC(Cc1ccc(C)c(C)c1)c1cnsn1. The molecule has 1 aromatic carbocycles. The molecule has 0 aliphatic rings. The van der Waals surface area contributed by atoms with Crippen LogP contribution in [0.3, 0.4) is 0 Å². The quantitative estimate of drug-likeness (QED) is 0.899. The summed E-state index contributed by atoms with van der Waals surface area (Å²) in [6.45, 7) is 7.36. The number of likely N-dealkylation sites (N-methyl/N-ethyl adjacent to an activating group) is 1. The molecule has 18 heavy (non-hydrogen) atoms. The fourth-order valence-corrected chi connectivity index (χ4v) is 2.49. The Bertz CT molecular complexity index is 494. The Labute approximate surface area is 113 Å². The Kier molecular flexibility index (Phi) is 4.44. The van der Waals surface area contributed by atoms with E-state index in [0.29, 0.717) is 0 Å². The lowest BCUT2D eigenvalue weighted by Crippen LogP contribution is -2.23. The normalized spacial score (nSPS) is 12.6. The predicted octanol–water partition coefficient (Wildman–Crippen LogP) is 3.05. The summed E-state index contributed by atoms with van der Waals surface area (Å²) < 4.78 is 8.43. The highest BCUT2D eigenvalue weighted by Crippen LogP contribution is 2.19. The van der Waals surface area contributed by atoms with Gasteiger partial charge in [0.15, 0.2) is 0 Å². The molecule has 2 rings (SSSR count). The maximum atomic E-state index is 4.34. The van der Waals surface area contributed by atoms with Gasteiger partial charge in [0.2, 0.25) is 0 Å². The van der Waals surface area contributed by atoms with Gasteiger partial charge in [0.05, 0.1) is 29.7 Å². The molecule has 3 nitrogen and oxygen atoms in total. The molecule has 0 aliphatic heterocycles. The monoisotopic (exact) mass is 261 g/mol. The molecule has 0 saturated heterocycles. The van der Waals surface area contributed by atoms with Crippen molar-refractivity contribution in [2.24, 2.45) is 0 Å². The zero-order valence-corrected chi connectivity index (χ0v) is 11.9. The van der Waals surface area contributed by atoms with E-state index in [9.17, 15) is 0 Å². The molecule has 0 radical (unpaired) electrons. The highest BCUT2D eigenvalue weighted by atomic mass is 32.1. The van der Waals surface area contributed by atoms with Gasteiger partial charge >= 0.3 is 0 Å².